The van der Waals surface area contributed by atoms with Crippen LogP contribution in [0, 0.1) is 6.92 Å². The van der Waals surface area contributed by atoms with E-state index in [9.17, 15) is 4.79 Å². The molecule has 2 heterocycles. The molecule has 3 aromatic rings. The maximum Gasteiger partial charge on any atom is 0.258 e. The van der Waals surface area contributed by atoms with E-state index in [0.29, 0.717) is 18.0 Å². The minimum absolute atomic E-state index is 0.0766. The van der Waals surface area contributed by atoms with Gasteiger partial charge in [-0.3, -0.25) is 4.79 Å². The predicted molar refractivity (Wildman–Crippen MR) is 90.3 cm³/mol. The smallest absolute Gasteiger partial charge is 0.258 e. The van der Waals surface area contributed by atoms with Crippen molar-refractivity contribution in [2.75, 3.05) is 13.7 Å². The summed E-state index contributed by atoms with van der Waals surface area (Å²) in [6, 6.07) is 13.1. The Kier molecular flexibility index (Phi) is 4.65. The fourth-order valence-electron chi connectivity index (χ4n) is 2.41. The molecule has 0 bridgehead atoms. The first-order chi connectivity index (χ1) is 11.7. The van der Waals surface area contributed by atoms with E-state index in [1.807, 2.05) is 47.9 Å². The lowest BCUT2D eigenvalue weighted by Crippen LogP contribution is -2.28. The second-order valence-electron chi connectivity index (χ2n) is 5.34. The second kappa shape index (κ2) is 7.04. The molecule has 1 amide bonds. The molecule has 24 heavy (non-hydrogen) atoms. The van der Waals surface area contributed by atoms with Gasteiger partial charge >= 0.3 is 0 Å². The van der Waals surface area contributed by atoms with Crippen LogP contribution in [0.4, 0.5) is 0 Å². The van der Waals surface area contributed by atoms with Gasteiger partial charge in [-0.25, -0.2) is 4.98 Å². The van der Waals surface area contributed by atoms with Crippen LogP contribution >= 0.6 is 0 Å². The van der Waals surface area contributed by atoms with Crippen molar-refractivity contribution in [3.8, 4) is 11.5 Å². The number of pyridine rings is 1. The van der Waals surface area contributed by atoms with Crippen molar-refractivity contribution in [3.05, 3.63) is 60.0 Å². The molecule has 0 aliphatic rings. The number of ether oxygens (including phenoxy) is 2. The topological polar surface area (TPSA) is 64.9 Å². The van der Waals surface area contributed by atoms with Crippen LogP contribution in [0.2, 0.25) is 0 Å². The molecule has 0 spiro atoms. The Bertz CT molecular complexity index is 858. The Balaban J connectivity index is 1.56. The normalized spacial score (nSPS) is 10.6. The quantitative estimate of drug-likeness (QED) is 0.755. The van der Waals surface area contributed by atoms with Gasteiger partial charge < -0.3 is 19.2 Å². The molecule has 1 N–H and O–H groups in total. The van der Waals surface area contributed by atoms with Gasteiger partial charge in [-0.15, -0.1) is 0 Å². The molecule has 0 unspecified atom stereocenters. The predicted octanol–water partition coefficient (Wildman–Crippen LogP) is 2.35. The van der Waals surface area contributed by atoms with Gasteiger partial charge in [0.1, 0.15) is 5.65 Å². The molecule has 3 rings (SSSR count). The molecule has 0 aliphatic heterocycles. The summed E-state index contributed by atoms with van der Waals surface area (Å²) in [5.74, 6) is 0.925. The number of nitrogens with one attached hydrogen (secondary N) is 1. The molecule has 0 saturated carbocycles. The van der Waals surface area contributed by atoms with Crippen molar-refractivity contribution in [2.45, 2.75) is 13.5 Å². The Morgan fingerprint density at radius 2 is 1.96 bits per heavy atom. The molecule has 0 saturated heterocycles. The number of nitrogens with zero attached hydrogens (tertiary/aromatic N) is 2. The van der Waals surface area contributed by atoms with Gasteiger partial charge in [-0.2, -0.15) is 0 Å². The number of carbonyl (C=O) groups is 1. The average Bonchev–Trinajstić information content (AvgIpc) is 3.03. The van der Waals surface area contributed by atoms with Crippen LogP contribution in [0.15, 0.2) is 48.7 Å². The van der Waals surface area contributed by atoms with Crippen molar-refractivity contribution in [2.24, 2.45) is 0 Å². The molecule has 0 radical (unpaired) electrons. The summed E-state index contributed by atoms with van der Waals surface area (Å²) in [6.07, 6.45) is 1.92. The zero-order valence-electron chi connectivity index (χ0n) is 13.7. The van der Waals surface area contributed by atoms with Gasteiger partial charge in [0.2, 0.25) is 0 Å². The monoisotopic (exact) mass is 325 g/mol. The van der Waals surface area contributed by atoms with E-state index in [4.69, 9.17) is 9.47 Å². The minimum atomic E-state index is -0.213. The number of amides is 1. The molecular weight excluding hydrogens is 306 g/mol. The van der Waals surface area contributed by atoms with Crippen LogP contribution in [0.3, 0.4) is 0 Å². The van der Waals surface area contributed by atoms with Crippen LogP contribution in [0.1, 0.15) is 11.4 Å². The van der Waals surface area contributed by atoms with Crippen LogP contribution < -0.4 is 14.8 Å². The van der Waals surface area contributed by atoms with E-state index in [0.717, 1.165) is 17.0 Å². The van der Waals surface area contributed by atoms with E-state index in [1.165, 1.54) is 0 Å². The molecule has 124 valence electrons. The van der Waals surface area contributed by atoms with Crippen molar-refractivity contribution >= 4 is 11.6 Å². The van der Waals surface area contributed by atoms with Gasteiger partial charge in [0, 0.05) is 11.9 Å². The van der Waals surface area contributed by atoms with Gasteiger partial charge in [0.15, 0.2) is 18.1 Å². The third-order valence-corrected chi connectivity index (χ3v) is 3.64. The third kappa shape index (κ3) is 3.48. The number of rotatable bonds is 6. The number of para-hydroxylation sites is 2. The Hall–Kier alpha value is -3.02. The first-order valence-electron chi connectivity index (χ1n) is 7.63. The summed E-state index contributed by atoms with van der Waals surface area (Å²) in [7, 11) is 1.56. The maximum absolute atomic E-state index is 12.0. The highest BCUT2D eigenvalue weighted by Gasteiger charge is 2.08. The maximum atomic E-state index is 12.0. The number of aryl methyl sites for hydroxylation is 1. The molecular formula is C18H19N3O3. The minimum Gasteiger partial charge on any atom is -0.493 e. The lowest BCUT2D eigenvalue weighted by molar-refractivity contribution is -0.123. The summed E-state index contributed by atoms with van der Waals surface area (Å²) < 4.78 is 12.7. The van der Waals surface area contributed by atoms with E-state index in [-0.39, 0.29) is 12.5 Å². The zero-order valence-corrected chi connectivity index (χ0v) is 13.7. The first-order valence-corrected chi connectivity index (χ1v) is 7.63. The summed E-state index contributed by atoms with van der Waals surface area (Å²) in [5.41, 5.74) is 2.76. The number of methoxy groups -OCH3 is 1. The van der Waals surface area contributed by atoms with E-state index in [2.05, 4.69) is 10.3 Å². The number of fused-ring (bicyclic) bond motifs is 1. The standard InChI is InChI=1S/C18H19N3O3/c1-13-6-5-9-17-20-14(11-21(13)17)10-19-18(22)12-24-16-8-4-3-7-15(16)23-2/h3-9,11H,10,12H2,1-2H3,(H,19,22). The molecule has 0 fully saturated rings. The van der Waals surface area contributed by atoms with Gasteiger partial charge in [0.05, 0.1) is 19.3 Å². The van der Waals surface area contributed by atoms with Gasteiger partial charge in [-0.05, 0) is 31.2 Å². The van der Waals surface area contributed by atoms with Crippen molar-refractivity contribution in [3.63, 3.8) is 0 Å². The number of hydrogen-bond donors (Lipinski definition) is 1. The molecule has 1 aromatic carbocycles. The number of aromatic nitrogens is 2. The van der Waals surface area contributed by atoms with Crippen LogP contribution in [-0.2, 0) is 11.3 Å². The lowest BCUT2D eigenvalue weighted by Gasteiger charge is -2.10. The highest BCUT2D eigenvalue weighted by Crippen LogP contribution is 2.25. The Morgan fingerprint density at radius 3 is 2.71 bits per heavy atom. The van der Waals surface area contributed by atoms with Crippen LogP contribution in [-0.4, -0.2) is 29.0 Å². The molecule has 6 heteroatoms. The molecule has 6 nitrogen and oxygen atoms in total. The average molecular weight is 325 g/mol. The van der Waals surface area contributed by atoms with Crippen LogP contribution in [0.25, 0.3) is 5.65 Å². The number of carbonyl (C=O) groups excluding carboxylic acids is 1. The second-order valence-corrected chi connectivity index (χ2v) is 5.34. The Morgan fingerprint density at radius 1 is 1.17 bits per heavy atom. The van der Waals surface area contributed by atoms with E-state index in [1.54, 1.807) is 19.2 Å². The SMILES string of the molecule is COc1ccccc1OCC(=O)NCc1cn2c(C)cccc2n1. The van der Waals surface area contributed by atoms with Crippen LogP contribution in [0.5, 0.6) is 11.5 Å². The Labute approximate surface area is 140 Å². The van der Waals surface area contributed by atoms with Crippen molar-refractivity contribution in [1.82, 2.24) is 14.7 Å². The first kappa shape index (κ1) is 15.9. The highest BCUT2D eigenvalue weighted by atomic mass is 16.5. The van der Waals surface area contributed by atoms with E-state index >= 15 is 0 Å². The summed E-state index contributed by atoms with van der Waals surface area (Å²) in [5, 5.41) is 2.81. The van der Waals surface area contributed by atoms with E-state index < -0.39 is 0 Å². The lowest BCUT2D eigenvalue weighted by atomic mass is 10.3. The fourth-order valence-corrected chi connectivity index (χ4v) is 2.41. The summed E-state index contributed by atoms with van der Waals surface area (Å²) >= 11 is 0. The molecule has 0 aliphatic carbocycles. The van der Waals surface area contributed by atoms with Gasteiger partial charge in [-0.1, -0.05) is 18.2 Å². The summed E-state index contributed by atoms with van der Waals surface area (Å²) in [6.45, 7) is 2.29. The zero-order chi connectivity index (χ0) is 16.9. The highest BCUT2D eigenvalue weighted by molar-refractivity contribution is 5.77. The third-order valence-electron chi connectivity index (χ3n) is 3.64. The molecule has 2 aromatic heterocycles. The van der Waals surface area contributed by atoms with Crippen molar-refractivity contribution in [1.29, 1.82) is 0 Å². The fraction of sp³-hybridized carbons (Fsp3) is 0.222. The van der Waals surface area contributed by atoms with Crippen molar-refractivity contribution < 1.29 is 14.3 Å². The van der Waals surface area contributed by atoms with Gasteiger partial charge in [0.25, 0.3) is 5.91 Å². The summed E-state index contributed by atoms with van der Waals surface area (Å²) in [4.78, 5) is 16.4. The number of imidazole rings is 1. The molecule has 0 atom stereocenters. The number of hydrogen-bond acceptors (Lipinski definition) is 4. The largest absolute Gasteiger partial charge is 0.493 e. The number of benzene rings is 1.